The lowest BCUT2D eigenvalue weighted by Crippen LogP contribution is -2.29. The zero-order valence-electron chi connectivity index (χ0n) is 12.0. The van der Waals surface area contributed by atoms with Crippen LogP contribution in [0, 0.1) is 6.92 Å². The number of halogens is 1. The molecule has 1 fully saturated rings. The fraction of sp³-hybridized carbons (Fsp3) is 0.562. The predicted molar refractivity (Wildman–Crippen MR) is 84.0 cm³/mol. The van der Waals surface area contributed by atoms with Gasteiger partial charge in [0.25, 0.3) is 5.91 Å². The van der Waals surface area contributed by atoms with E-state index in [1.807, 2.05) is 25.1 Å². The van der Waals surface area contributed by atoms with Crippen LogP contribution in [0.15, 0.2) is 22.7 Å². The second kappa shape index (κ2) is 7.79. The van der Waals surface area contributed by atoms with Gasteiger partial charge in [-0.1, -0.05) is 41.3 Å². The molecular weight excluding hydrogens is 318 g/mol. The van der Waals surface area contributed by atoms with Gasteiger partial charge in [-0.25, -0.2) is 0 Å². The monoisotopic (exact) mass is 339 g/mol. The van der Waals surface area contributed by atoms with E-state index in [0.717, 1.165) is 15.6 Å². The number of carbonyl (C=O) groups is 1. The molecule has 20 heavy (non-hydrogen) atoms. The summed E-state index contributed by atoms with van der Waals surface area (Å²) in [6, 6.07) is 5.74. The maximum atomic E-state index is 12.1. The van der Waals surface area contributed by atoms with Gasteiger partial charge in [-0.15, -0.1) is 0 Å². The van der Waals surface area contributed by atoms with Crippen LogP contribution in [0.4, 0.5) is 0 Å². The van der Waals surface area contributed by atoms with Crippen molar-refractivity contribution in [2.24, 2.45) is 0 Å². The Balaban J connectivity index is 1.73. The molecule has 0 heterocycles. The van der Waals surface area contributed by atoms with Crippen LogP contribution in [-0.4, -0.2) is 25.2 Å². The second-order valence-electron chi connectivity index (χ2n) is 5.35. The maximum absolute atomic E-state index is 12.1. The van der Waals surface area contributed by atoms with E-state index >= 15 is 0 Å². The van der Waals surface area contributed by atoms with Crippen molar-refractivity contribution in [2.45, 2.75) is 45.1 Å². The van der Waals surface area contributed by atoms with Gasteiger partial charge in [0.15, 0.2) is 0 Å². The lowest BCUT2D eigenvalue weighted by molar-refractivity contribution is 0.0299. The van der Waals surface area contributed by atoms with Gasteiger partial charge < -0.3 is 10.1 Å². The van der Waals surface area contributed by atoms with Gasteiger partial charge in [0.05, 0.1) is 12.7 Å². The Morgan fingerprint density at radius 1 is 1.35 bits per heavy atom. The Hall–Kier alpha value is -0.870. The fourth-order valence-electron chi connectivity index (χ4n) is 2.56. The Morgan fingerprint density at radius 3 is 2.85 bits per heavy atom. The van der Waals surface area contributed by atoms with E-state index in [9.17, 15) is 4.79 Å². The molecule has 1 amide bonds. The Kier molecular flexibility index (Phi) is 6.05. The molecule has 1 aromatic rings. The van der Waals surface area contributed by atoms with Crippen molar-refractivity contribution in [1.29, 1.82) is 0 Å². The van der Waals surface area contributed by atoms with Crippen LogP contribution < -0.4 is 5.32 Å². The molecule has 1 N–H and O–H groups in total. The topological polar surface area (TPSA) is 38.3 Å². The normalized spacial score (nSPS) is 16.1. The van der Waals surface area contributed by atoms with Crippen molar-refractivity contribution >= 4 is 21.8 Å². The number of ether oxygens (including phenoxy) is 1. The molecule has 1 aliphatic carbocycles. The summed E-state index contributed by atoms with van der Waals surface area (Å²) in [4.78, 5) is 12.1. The van der Waals surface area contributed by atoms with Crippen LogP contribution in [0.25, 0.3) is 0 Å². The van der Waals surface area contributed by atoms with Crippen molar-refractivity contribution in [3.8, 4) is 0 Å². The minimum absolute atomic E-state index is 0.0314. The van der Waals surface area contributed by atoms with Crippen LogP contribution in [0.1, 0.15) is 48.0 Å². The van der Waals surface area contributed by atoms with Crippen molar-refractivity contribution < 1.29 is 9.53 Å². The van der Waals surface area contributed by atoms with Gasteiger partial charge in [0, 0.05) is 16.6 Å². The minimum Gasteiger partial charge on any atom is -0.376 e. The third kappa shape index (κ3) is 4.60. The highest BCUT2D eigenvalue weighted by Crippen LogP contribution is 2.20. The average Bonchev–Trinajstić information content (AvgIpc) is 2.47. The largest absolute Gasteiger partial charge is 0.376 e. The average molecular weight is 340 g/mol. The maximum Gasteiger partial charge on any atom is 0.251 e. The summed E-state index contributed by atoms with van der Waals surface area (Å²) < 4.78 is 6.72. The fourth-order valence-corrected chi connectivity index (χ4v) is 2.92. The van der Waals surface area contributed by atoms with E-state index in [1.165, 1.54) is 32.1 Å². The van der Waals surface area contributed by atoms with Gasteiger partial charge in [-0.3, -0.25) is 4.79 Å². The summed E-state index contributed by atoms with van der Waals surface area (Å²) >= 11 is 3.39. The van der Waals surface area contributed by atoms with E-state index in [0.29, 0.717) is 19.3 Å². The van der Waals surface area contributed by atoms with E-state index < -0.39 is 0 Å². The second-order valence-corrected chi connectivity index (χ2v) is 6.26. The summed E-state index contributed by atoms with van der Waals surface area (Å²) in [5, 5.41) is 2.92. The number of amides is 1. The van der Waals surface area contributed by atoms with Crippen LogP contribution >= 0.6 is 15.9 Å². The van der Waals surface area contributed by atoms with Crippen LogP contribution in [0.2, 0.25) is 0 Å². The zero-order chi connectivity index (χ0) is 14.4. The van der Waals surface area contributed by atoms with Crippen molar-refractivity contribution in [3.63, 3.8) is 0 Å². The molecule has 0 spiro atoms. The molecule has 1 saturated carbocycles. The number of rotatable bonds is 5. The highest BCUT2D eigenvalue weighted by Gasteiger charge is 2.14. The van der Waals surface area contributed by atoms with E-state index in [2.05, 4.69) is 21.2 Å². The number of aryl methyl sites for hydroxylation is 1. The number of benzene rings is 1. The van der Waals surface area contributed by atoms with Crippen molar-refractivity contribution in [2.75, 3.05) is 13.2 Å². The zero-order valence-corrected chi connectivity index (χ0v) is 13.5. The van der Waals surface area contributed by atoms with Gasteiger partial charge in [0.2, 0.25) is 0 Å². The molecule has 0 bridgehead atoms. The molecule has 0 saturated heterocycles. The van der Waals surface area contributed by atoms with Crippen LogP contribution in [0.3, 0.4) is 0 Å². The molecule has 1 aromatic carbocycles. The summed E-state index contributed by atoms with van der Waals surface area (Å²) in [5.74, 6) is -0.0314. The molecule has 110 valence electrons. The third-order valence-corrected chi connectivity index (χ3v) is 4.23. The van der Waals surface area contributed by atoms with Gasteiger partial charge >= 0.3 is 0 Å². The lowest BCUT2D eigenvalue weighted by Gasteiger charge is -2.22. The number of carbonyl (C=O) groups excluding carboxylic acids is 1. The minimum atomic E-state index is -0.0314. The molecule has 0 aromatic heterocycles. The van der Waals surface area contributed by atoms with Gasteiger partial charge in [-0.05, 0) is 37.5 Å². The van der Waals surface area contributed by atoms with E-state index in [-0.39, 0.29) is 5.91 Å². The third-order valence-electron chi connectivity index (χ3n) is 3.74. The molecule has 2 rings (SSSR count). The first-order valence-corrected chi connectivity index (χ1v) is 8.12. The summed E-state index contributed by atoms with van der Waals surface area (Å²) in [6.07, 6.45) is 6.60. The number of hydrogen-bond donors (Lipinski definition) is 1. The molecule has 0 radical (unpaired) electrons. The first-order chi connectivity index (χ1) is 9.66. The lowest BCUT2D eigenvalue weighted by atomic mass is 9.98. The molecule has 4 heteroatoms. The SMILES string of the molecule is Cc1ccc(Br)cc1C(=O)NCCOC1CCCCC1. The van der Waals surface area contributed by atoms with Crippen LogP contribution in [-0.2, 0) is 4.74 Å². The quantitative estimate of drug-likeness (QED) is 0.827. The van der Waals surface area contributed by atoms with Crippen molar-refractivity contribution in [3.05, 3.63) is 33.8 Å². The first-order valence-electron chi connectivity index (χ1n) is 7.33. The Labute approximate surface area is 129 Å². The van der Waals surface area contributed by atoms with Gasteiger partial charge in [-0.2, -0.15) is 0 Å². The standard InChI is InChI=1S/C16H22BrNO2/c1-12-7-8-13(17)11-15(12)16(19)18-9-10-20-14-5-3-2-4-6-14/h7-8,11,14H,2-6,9-10H2,1H3,(H,18,19). The molecule has 0 unspecified atom stereocenters. The Bertz CT molecular complexity index is 456. The highest BCUT2D eigenvalue weighted by atomic mass is 79.9. The van der Waals surface area contributed by atoms with Gasteiger partial charge in [0.1, 0.15) is 0 Å². The summed E-state index contributed by atoms with van der Waals surface area (Å²) in [6.45, 7) is 3.12. The highest BCUT2D eigenvalue weighted by molar-refractivity contribution is 9.10. The molecular formula is C16H22BrNO2. The molecule has 0 aliphatic heterocycles. The first kappa shape index (κ1) is 15.5. The smallest absolute Gasteiger partial charge is 0.251 e. The molecule has 3 nitrogen and oxygen atoms in total. The number of hydrogen-bond acceptors (Lipinski definition) is 2. The van der Waals surface area contributed by atoms with Crippen LogP contribution in [0.5, 0.6) is 0 Å². The molecule has 1 aliphatic rings. The molecule has 0 atom stereocenters. The van der Waals surface area contributed by atoms with E-state index in [4.69, 9.17) is 4.74 Å². The number of nitrogens with one attached hydrogen (secondary N) is 1. The summed E-state index contributed by atoms with van der Waals surface area (Å²) in [5.41, 5.74) is 1.70. The Morgan fingerprint density at radius 2 is 2.10 bits per heavy atom. The predicted octanol–water partition coefficient (Wildman–Crippen LogP) is 3.84. The summed E-state index contributed by atoms with van der Waals surface area (Å²) in [7, 11) is 0. The van der Waals surface area contributed by atoms with Crippen molar-refractivity contribution in [1.82, 2.24) is 5.32 Å². The van der Waals surface area contributed by atoms with E-state index in [1.54, 1.807) is 0 Å².